The minimum Gasteiger partial charge on any atom is -0.356 e. The van der Waals surface area contributed by atoms with E-state index in [4.69, 9.17) is 0 Å². The van der Waals surface area contributed by atoms with Crippen LogP contribution < -0.4 is 5.32 Å². The zero-order valence-electron chi connectivity index (χ0n) is 13.6. The Morgan fingerprint density at radius 1 is 0.818 bits per heavy atom. The molecule has 0 unspecified atom stereocenters. The molecule has 0 saturated carbocycles. The van der Waals surface area contributed by atoms with Crippen LogP contribution in [0.1, 0.15) is 45.1 Å². The molecule has 1 heteroatoms. The normalized spacial score (nSPS) is 17.9. The highest BCUT2D eigenvalue weighted by Gasteiger charge is 2.24. The molecule has 1 aromatic carbocycles. The zero-order chi connectivity index (χ0) is 15.4. The van der Waals surface area contributed by atoms with E-state index >= 15 is 0 Å². The van der Waals surface area contributed by atoms with Gasteiger partial charge in [-0.1, -0.05) is 56.4 Å². The summed E-state index contributed by atoms with van der Waals surface area (Å²) in [6, 6.07) is 8.87. The van der Waals surface area contributed by atoms with E-state index in [1.165, 1.54) is 23.3 Å². The summed E-state index contributed by atoms with van der Waals surface area (Å²) in [5.74, 6) is 0. The third kappa shape index (κ3) is 3.24. The van der Waals surface area contributed by atoms with Gasteiger partial charge in [-0.15, -0.1) is 0 Å². The average molecular weight is 291 g/mol. The summed E-state index contributed by atoms with van der Waals surface area (Å²) in [5.41, 5.74) is 5.22. The summed E-state index contributed by atoms with van der Waals surface area (Å²) in [4.78, 5) is 0. The fourth-order valence-corrected chi connectivity index (χ4v) is 3.09. The molecule has 0 amide bonds. The first-order chi connectivity index (χ1) is 10.7. The van der Waals surface area contributed by atoms with Crippen molar-refractivity contribution >= 4 is 5.69 Å². The Hall–Kier alpha value is -2.02. The first-order valence-corrected chi connectivity index (χ1v) is 8.28. The molecule has 22 heavy (non-hydrogen) atoms. The molecule has 0 spiro atoms. The molecule has 2 aliphatic rings. The van der Waals surface area contributed by atoms with Gasteiger partial charge in [0.05, 0.1) is 0 Å². The monoisotopic (exact) mass is 291 g/mol. The predicted molar refractivity (Wildman–Crippen MR) is 96.0 cm³/mol. The molecule has 0 aromatic heterocycles. The molecular weight excluding hydrogens is 266 g/mol. The fraction of sp³-hybridized carbons (Fsp3) is 0.333. The second-order valence-corrected chi connectivity index (χ2v) is 6.61. The van der Waals surface area contributed by atoms with Gasteiger partial charge in [0.15, 0.2) is 0 Å². The Morgan fingerprint density at radius 2 is 1.50 bits per heavy atom. The van der Waals surface area contributed by atoms with Crippen LogP contribution in [0.2, 0.25) is 0 Å². The van der Waals surface area contributed by atoms with Gasteiger partial charge in [0.25, 0.3) is 0 Å². The molecule has 114 valence electrons. The molecule has 0 bridgehead atoms. The van der Waals surface area contributed by atoms with Crippen molar-refractivity contribution in [2.24, 2.45) is 0 Å². The van der Waals surface area contributed by atoms with Gasteiger partial charge in [-0.25, -0.2) is 0 Å². The topological polar surface area (TPSA) is 12.0 Å². The van der Waals surface area contributed by atoms with Crippen LogP contribution in [-0.2, 0) is 5.41 Å². The van der Waals surface area contributed by atoms with E-state index in [2.05, 4.69) is 79.9 Å². The van der Waals surface area contributed by atoms with E-state index in [0.29, 0.717) is 0 Å². The van der Waals surface area contributed by atoms with Gasteiger partial charge >= 0.3 is 0 Å². The van der Waals surface area contributed by atoms with E-state index in [-0.39, 0.29) is 5.41 Å². The predicted octanol–water partition coefficient (Wildman–Crippen LogP) is 5.89. The maximum absolute atomic E-state index is 3.48. The first-order valence-electron chi connectivity index (χ1n) is 8.28. The molecule has 0 fully saturated rings. The highest BCUT2D eigenvalue weighted by atomic mass is 14.9. The second-order valence-electron chi connectivity index (χ2n) is 6.61. The Bertz CT molecular complexity index is 639. The molecule has 0 atom stereocenters. The lowest BCUT2D eigenvalue weighted by atomic mass is 9.76. The first kappa shape index (κ1) is 14.9. The maximum atomic E-state index is 3.48. The molecule has 1 aromatic rings. The summed E-state index contributed by atoms with van der Waals surface area (Å²) in [7, 11) is 0. The molecule has 0 saturated heterocycles. The van der Waals surface area contributed by atoms with Gasteiger partial charge in [-0.2, -0.15) is 0 Å². The summed E-state index contributed by atoms with van der Waals surface area (Å²) in [6.07, 6.45) is 18.2. The van der Waals surface area contributed by atoms with Crippen LogP contribution in [0.3, 0.4) is 0 Å². The van der Waals surface area contributed by atoms with Gasteiger partial charge < -0.3 is 5.32 Å². The third-order valence-electron chi connectivity index (χ3n) is 4.61. The van der Waals surface area contributed by atoms with Crippen molar-refractivity contribution in [3.05, 3.63) is 77.6 Å². The van der Waals surface area contributed by atoms with Gasteiger partial charge in [0.1, 0.15) is 0 Å². The second kappa shape index (κ2) is 6.39. The number of rotatable bonds is 4. The highest BCUT2D eigenvalue weighted by Crippen LogP contribution is 2.34. The standard InChI is InChI=1S/C21H25N/c1-21(2,17-9-5-3-6-10-17)18-13-15-20(16-14-18)22-19-11-7-4-8-12-19/h5,7,9-16,22H,3-4,6,8H2,1-2H3. The molecule has 0 radical (unpaired) electrons. The lowest BCUT2D eigenvalue weighted by Gasteiger charge is -2.29. The van der Waals surface area contributed by atoms with Crippen molar-refractivity contribution in [3.8, 4) is 0 Å². The van der Waals surface area contributed by atoms with Crippen LogP contribution in [-0.4, -0.2) is 0 Å². The van der Waals surface area contributed by atoms with E-state index in [1.807, 2.05) is 0 Å². The van der Waals surface area contributed by atoms with Crippen molar-refractivity contribution in [2.75, 3.05) is 5.32 Å². The van der Waals surface area contributed by atoms with Crippen LogP contribution in [0.15, 0.2) is 72.0 Å². The smallest absolute Gasteiger partial charge is 0.0384 e. The highest BCUT2D eigenvalue weighted by molar-refractivity contribution is 5.54. The van der Waals surface area contributed by atoms with Gasteiger partial charge in [0, 0.05) is 16.8 Å². The SMILES string of the molecule is CC(C)(C1=CCCC=C1)c1ccc(NC2=CCCC=C2)cc1. The zero-order valence-corrected chi connectivity index (χ0v) is 13.6. The van der Waals surface area contributed by atoms with Crippen molar-refractivity contribution in [1.82, 2.24) is 0 Å². The van der Waals surface area contributed by atoms with Gasteiger partial charge in [-0.05, 0) is 55.0 Å². The Labute approximate surface area is 134 Å². The minimum atomic E-state index is 0.0689. The lowest BCUT2D eigenvalue weighted by Crippen LogP contribution is -2.20. The quantitative estimate of drug-likeness (QED) is 0.729. The third-order valence-corrected chi connectivity index (χ3v) is 4.61. The van der Waals surface area contributed by atoms with Crippen LogP contribution in [0.5, 0.6) is 0 Å². The van der Waals surface area contributed by atoms with Crippen LogP contribution in [0, 0.1) is 0 Å². The Morgan fingerprint density at radius 3 is 2.09 bits per heavy atom. The average Bonchev–Trinajstić information content (AvgIpc) is 2.57. The van der Waals surface area contributed by atoms with Gasteiger partial charge in [-0.3, -0.25) is 0 Å². The molecule has 0 heterocycles. The van der Waals surface area contributed by atoms with Crippen molar-refractivity contribution in [1.29, 1.82) is 0 Å². The van der Waals surface area contributed by atoms with E-state index in [0.717, 1.165) is 24.9 Å². The number of hydrogen-bond donors (Lipinski definition) is 1. The Kier molecular flexibility index (Phi) is 4.33. The van der Waals surface area contributed by atoms with Crippen LogP contribution in [0.4, 0.5) is 5.69 Å². The summed E-state index contributed by atoms with van der Waals surface area (Å²) in [6.45, 7) is 4.62. The van der Waals surface area contributed by atoms with E-state index < -0.39 is 0 Å². The van der Waals surface area contributed by atoms with Crippen molar-refractivity contribution in [2.45, 2.75) is 44.9 Å². The maximum Gasteiger partial charge on any atom is 0.0384 e. The lowest BCUT2D eigenvalue weighted by molar-refractivity contribution is 0.631. The van der Waals surface area contributed by atoms with Crippen molar-refractivity contribution < 1.29 is 0 Å². The molecule has 2 aliphatic carbocycles. The molecular formula is C21H25N. The number of anilines is 1. The van der Waals surface area contributed by atoms with Crippen LogP contribution in [0.25, 0.3) is 0 Å². The Balaban J connectivity index is 1.76. The molecule has 1 N–H and O–H groups in total. The van der Waals surface area contributed by atoms with Crippen LogP contribution >= 0.6 is 0 Å². The summed E-state index contributed by atoms with van der Waals surface area (Å²) >= 11 is 0. The number of allylic oxidation sites excluding steroid dienone is 7. The fourth-order valence-electron chi connectivity index (χ4n) is 3.09. The summed E-state index contributed by atoms with van der Waals surface area (Å²) in [5, 5.41) is 3.48. The molecule has 0 aliphatic heterocycles. The minimum absolute atomic E-state index is 0.0689. The number of nitrogens with one attached hydrogen (secondary N) is 1. The van der Waals surface area contributed by atoms with Gasteiger partial charge in [0.2, 0.25) is 0 Å². The summed E-state index contributed by atoms with van der Waals surface area (Å²) < 4.78 is 0. The molecule has 3 rings (SSSR count). The number of benzene rings is 1. The van der Waals surface area contributed by atoms with E-state index in [1.54, 1.807) is 0 Å². The van der Waals surface area contributed by atoms with E-state index in [9.17, 15) is 0 Å². The van der Waals surface area contributed by atoms with Crippen molar-refractivity contribution in [3.63, 3.8) is 0 Å². The largest absolute Gasteiger partial charge is 0.356 e. The molecule has 1 nitrogen and oxygen atoms in total. The number of hydrogen-bond acceptors (Lipinski definition) is 1.